The second kappa shape index (κ2) is 11.8. The number of anilines is 2. The Labute approximate surface area is 290 Å². The molecule has 1 fully saturated rings. The van der Waals surface area contributed by atoms with E-state index >= 15 is 0 Å². The summed E-state index contributed by atoms with van der Waals surface area (Å²) in [4.78, 5) is 2.65. The molecule has 238 valence electrons. The summed E-state index contributed by atoms with van der Waals surface area (Å²) in [5.41, 5.74) is 16.5. The van der Waals surface area contributed by atoms with E-state index in [1.165, 1.54) is 99.1 Å². The zero-order valence-electron chi connectivity index (χ0n) is 27.9. The van der Waals surface area contributed by atoms with Crippen LogP contribution in [0.5, 0.6) is 0 Å². The second-order valence-electron chi connectivity index (χ2n) is 14.6. The van der Waals surface area contributed by atoms with Gasteiger partial charge in [-0.15, -0.1) is 0 Å². The molecule has 4 unspecified atom stereocenters. The van der Waals surface area contributed by atoms with E-state index in [1.54, 1.807) is 0 Å². The third-order valence-corrected chi connectivity index (χ3v) is 12.0. The van der Waals surface area contributed by atoms with E-state index in [2.05, 4.69) is 163 Å². The highest BCUT2D eigenvalue weighted by atomic mass is 15.2. The molecule has 1 heteroatoms. The average molecular weight is 632 g/mol. The van der Waals surface area contributed by atoms with E-state index in [-0.39, 0.29) is 12.0 Å². The summed E-state index contributed by atoms with van der Waals surface area (Å²) in [6.07, 6.45) is 25.2. The van der Waals surface area contributed by atoms with Gasteiger partial charge in [0, 0.05) is 29.1 Å². The first kappa shape index (κ1) is 28.8. The van der Waals surface area contributed by atoms with Crippen LogP contribution in [-0.4, -0.2) is 6.04 Å². The van der Waals surface area contributed by atoms with E-state index in [9.17, 15) is 0 Å². The number of rotatable bonds is 4. The zero-order valence-corrected chi connectivity index (χ0v) is 27.9. The molecule has 0 aromatic heterocycles. The lowest BCUT2D eigenvalue weighted by Gasteiger charge is -2.34. The van der Waals surface area contributed by atoms with Crippen LogP contribution in [0.3, 0.4) is 0 Å². The van der Waals surface area contributed by atoms with Crippen LogP contribution in [0.25, 0.3) is 33.4 Å². The van der Waals surface area contributed by atoms with Crippen LogP contribution < -0.4 is 4.90 Å². The molecule has 4 aliphatic carbocycles. The topological polar surface area (TPSA) is 3.24 Å². The maximum Gasteiger partial charge on any atom is 0.0629 e. The number of hydrogen-bond acceptors (Lipinski definition) is 1. The minimum absolute atomic E-state index is 0.240. The number of allylic oxidation sites excluding steroid dienone is 6. The standard InChI is InChI=1S/C48H41N/c1-3-14-32(15-4-1)35-28-36(33-16-5-2-6-17-33)30-37(29-35)49-46-24-12-11-22-44(46)48-38(23-13-25-47(48)49)34-26-27-43-41-20-8-7-18-39(41)40-19-9-10-21-42(40)45(43)31-34/h1,3-4,7-15,18-31,33,39,41,44,46H,2,5-6,16-17H2. The predicted molar refractivity (Wildman–Crippen MR) is 206 cm³/mol. The van der Waals surface area contributed by atoms with E-state index in [4.69, 9.17) is 0 Å². The predicted octanol–water partition coefficient (Wildman–Crippen LogP) is 12.8. The normalized spacial score (nSPS) is 23.1. The molecule has 0 N–H and O–H groups in total. The summed E-state index contributed by atoms with van der Waals surface area (Å²) in [6.45, 7) is 0. The van der Waals surface area contributed by atoms with Crippen molar-refractivity contribution in [2.24, 2.45) is 0 Å². The molecule has 0 bridgehead atoms. The van der Waals surface area contributed by atoms with Crippen LogP contribution in [0.2, 0.25) is 0 Å². The molecule has 0 spiro atoms. The summed E-state index contributed by atoms with van der Waals surface area (Å²) < 4.78 is 0. The quantitative estimate of drug-likeness (QED) is 0.191. The fraction of sp³-hybridized carbons (Fsp3) is 0.208. The van der Waals surface area contributed by atoms with Crippen molar-refractivity contribution in [1.82, 2.24) is 0 Å². The van der Waals surface area contributed by atoms with Gasteiger partial charge in [-0.25, -0.2) is 0 Å². The van der Waals surface area contributed by atoms with Gasteiger partial charge >= 0.3 is 0 Å². The lowest BCUT2D eigenvalue weighted by molar-refractivity contribution is 0.443. The van der Waals surface area contributed by atoms with Crippen molar-refractivity contribution >= 4 is 11.4 Å². The van der Waals surface area contributed by atoms with Gasteiger partial charge in [-0.3, -0.25) is 0 Å². The van der Waals surface area contributed by atoms with Gasteiger partial charge in [-0.2, -0.15) is 0 Å². The molecule has 0 radical (unpaired) electrons. The maximum absolute atomic E-state index is 2.65. The van der Waals surface area contributed by atoms with Gasteiger partial charge in [0.25, 0.3) is 0 Å². The minimum atomic E-state index is 0.240. The number of nitrogens with zero attached hydrogens (tertiary/aromatic N) is 1. The molecule has 0 amide bonds. The molecule has 1 saturated carbocycles. The van der Waals surface area contributed by atoms with E-state index < -0.39 is 0 Å². The average Bonchev–Trinajstić information content (AvgIpc) is 3.53. The van der Waals surface area contributed by atoms with Crippen molar-refractivity contribution in [2.75, 3.05) is 4.90 Å². The first-order valence-corrected chi connectivity index (χ1v) is 18.4. The maximum atomic E-state index is 2.65. The van der Waals surface area contributed by atoms with Crippen LogP contribution in [0, 0.1) is 0 Å². The summed E-state index contributed by atoms with van der Waals surface area (Å²) in [5, 5.41) is 0. The van der Waals surface area contributed by atoms with Gasteiger partial charge in [0.1, 0.15) is 0 Å². The van der Waals surface area contributed by atoms with Crippen molar-refractivity contribution in [3.05, 3.63) is 180 Å². The molecule has 1 nitrogen and oxygen atoms in total. The smallest absolute Gasteiger partial charge is 0.0629 e. The summed E-state index contributed by atoms with van der Waals surface area (Å²) in [6, 6.07) is 42.1. The molecular weight excluding hydrogens is 591 g/mol. The summed E-state index contributed by atoms with van der Waals surface area (Å²) in [7, 11) is 0. The van der Waals surface area contributed by atoms with E-state index in [0.717, 1.165) is 0 Å². The second-order valence-corrected chi connectivity index (χ2v) is 14.6. The van der Waals surface area contributed by atoms with Crippen LogP contribution in [0.15, 0.2) is 158 Å². The fourth-order valence-corrected chi connectivity index (χ4v) is 9.67. The molecule has 4 atom stereocenters. The van der Waals surface area contributed by atoms with Gasteiger partial charge in [-0.05, 0) is 98.7 Å². The van der Waals surface area contributed by atoms with Crippen molar-refractivity contribution in [1.29, 1.82) is 0 Å². The number of hydrogen-bond donors (Lipinski definition) is 0. The Bertz CT molecular complexity index is 2190. The Morgan fingerprint density at radius 1 is 0.469 bits per heavy atom. The number of fused-ring (bicyclic) bond motifs is 9. The molecule has 10 rings (SSSR count). The van der Waals surface area contributed by atoms with Crippen LogP contribution >= 0.6 is 0 Å². The Hall–Kier alpha value is -5.14. The molecule has 1 heterocycles. The van der Waals surface area contributed by atoms with Gasteiger partial charge in [0.05, 0.1) is 6.04 Å². The van der Waals surface area contributed by atoms with Crippen molar-refractivity contribution < 1.29 is 0 Å². The van der Waals surface area contributed by atoms with Gasteiger partial charge in [0.2, 0.25) is 0 Å². The highest BCUT2D eigenvalue weighted by molar-refractivity contribution is 5.88. The number of benzene rings is 5. The Kier molecular flexibility index (Phi) is 6.93. The van der Waals surface area contributed by atoms with Crippen molar-refractivity contribution in [3.63, 3.8) is 0 Å². The van der Waals surface area contributed by atoms with Gasteiger partial charge in [0.15, 0.2) is 0 Å². The lowest BCUT2D eigenvalue weighted by atomic mass is 9.69. The van der Waals surface area contributed by atoms with Crippen molar-refractivity contribution in [2.45, 2.75) is 61.8 Å². The van der Waals surface area contributed by atoms with Crippen LogP contribution in [0.4, 0.5) is 11.4 Å². The Balaban J connectivity index is 1.13. The highest BCUT2D eigenvalue weighted by Gasteiger charge is 2.40. The summed E-state index contributed by atoms with van der Waals surface area (Å²) >= 11 is 0. The third kappa shape index (κ3) is 4.74. The Morgan fingerprint density at radius 2 is 1.18 bits per heavy atom. The first-order chi connectivity index (χ1) is 24.3. The van der Waals surface area contributed by atoms with Gasteiger partial charge < -0.3 is 4.90 Å². The molecule has 49 heavy (non-hydrogen) atoms. The van der Waals surface area contributed by atoms with Crippen LogP contribution in [0.1, 0.15) is 78.0 Å². The first-order valence-electron chi connectivity index (χ1n) is 18.4. The molecule has 0 saturated heterocycles. The molecule has 1 aliphatic heterocycles. The minimum Gasteiger partial charge on any atom is -0.333 e. The molecular formula is C48H41N. The fourth-order valence-electron chi connectivity index (χ4n) is 9.67. The molecule has 5 aliphatic rings. The van der Waals surface area contributed by atoms with Gasteiger partial charge in [-0.1, -0.05) is 153 Å². The van der Waals surface area contributed by atoms with E-state index in [0.29, 0.717) is 17.8 Å². The van der Waals surface area contributed by atoms with Crippen molar-refractivity contribution in [3.8, 4) is 33.4 Å². The molecule has 5 aromatic rings. The lowest BCUT2D eigenvalue weighted by Crippen LogP contribution is -2.28. The van der Waals surface area contributed by atoms with Crippen LogP contribution in [-0.2, 0) is 0 Å². The third-order valence-electron chi connectivity index (χ3n) is 12.0. The molecule has 5 aromatic carbocycles. The van der Waals surface area contributed by atoms with E-state index in [1.807, 2.05) is 0 Å². The Morgan fingerprint density at radius 3 is 2.02 bits per heavy atom. The largest absolute Gasteiger partial charge is 0.333 e. The SMILES string of the molecule is C1=CC2c3ccccc3-c3cc(-c4cccc5c4C4C=CC=CC4N5c4cc(-c5ccccc5)cc(C5CCCCC5)c4)ccc3C2C=C1. The monoisotopic (exact) mass is 631 g/mol. The highest BCUT2D eigenvalue weighted by Crippen LogP contribution is 2.54. The summed E-state index contributed by atoms with van der Waals surface area (Å²) in [5.74, 6) is 1.70. The zero-order chi connectivity index (χ0) is 32.3.